The molecule has 1 heterocycles. The molecule has 1 N–H and O–H groups in total. The first-order chi connectivity index (χ1) is 16.1. The van der Waals surface area contributed by atoms with Crippen molar-refractivity contribution in [3.8, 4) is 5.75 Å². The van der Waals surface area contributed by atoms with E-state index in [1.54, 1.807) is 36.3 Å². The second-order valence-corrected chi connectivity index (χ2v) is 8.30. The van der Waals surface area contributed by atoms with Gasteiger partial charge in [0.05, 0.1) is 25.1 Å². The summed E-state index contributed by atoms with van der Waals surface area (Å²) in [5, 5.41) is 3.36. The molecule has 4 rings (SSSR count). The van der Waals surface area contributed by atoms with Crippen LogP contribution in [0.25, 0.3) is 0 Å². The number of benzene rings is 3. The summed E-state index contributed by atoms with van der Waals surface area (Å²) in [7, 11) is 1.58. The van der Waals surface area contributed by atoms with Crippen LogP contribution in [-0.4, -0.2) is 29.0 Å². The van der Waals surface area contributed by atoms with Gasteiger partial charge in [-0.05, 0) is 47.2 Å². The van der Waals surface area contributed by atoms with E-state index in [4.69, 9.17) is 4.74 Å². The molecule has 33 heavy (non-hydrogen) atoms. The Labute approximate surface area is 197 Å². The molecular formula is C26H23N3O3S. The summed E-state index contributed by atoms with van der Waals surface area (Å²) >= 11 is 1.22. The third-order valence-corrected chi connectivity index (χ3v) is 5.98. The van der Waals surface area contributed by atoms with Gasteiger partial charge in [0.1, 0.15) is 5.75 Å². The number of thioether (sulfide) groups is 1. The highest BCUT2D eigenvalue weighted by Gasteiger charge is 2.33. The van der Waals surface area contributed by atoms with E-state index in [1.165, 1.54) is 17.8 Å². The predicted molar refractivity (Wildman–Crippen MR) is 132 cm³/mol. The minimum atomic E-state index is -0.375. The molecule has 1 fully saturated rings. The first-order valence-electron chi connectivity index (χ1n) is 10.4. The molecule has 0 radical (unpaired) electrons. The topological polar surface area (TPSA) is 71.0 Å². The highest BCUT2D eigenvalue weighted by atomic mass is 32.2. The van der Waals surface area contributed by atoms with Crippen molar-refractivity contribution in [1.82, 2.24) is 4.90 Å². The van der Waals surface area contributed by atoms with Crippen molar-refractivity contribution in [2.24, 2.45) is 4.99 Å². The van der Waals surface area contributed by atoms with Crippen LogP contribution < -0.4 is 10.1 Å². The van der Waals surface area contributed by atoms with Crippen molar-refractivity contribution in [2.45, 2.75) is 13.1 Å². The smallest absolute Gasteiger partial charge is 0.267 e. The van der Waals surface area contributed by atoms with Gasteiger partial charge in [0.25, 0.3) is 5.91 Å². The Hall–Kier alpha value is -3.84. The Morgan fingerprint density at radius 2 is 1.61 bits per heavy atom. The van der Waals surface area contributed by atoms with Crippen LogP contribution in [0.2, 0.25) is 0 Å². The zero-order chi connectivity index (χ0) is 23.0. The van der Waals surface area contributed by atoms with E-state index in [2.05, 4.69) is 10.3 Å². The second kappa shape index (κ2) is 10.7. The zero-order valence-electron chi connectivity index (χ0n) is 18.1. The number of amidine groups is 1. The van der Waals surface area contributed by atoms with Crippen molar-refractivity contribution in [2.75, 3.05) is 12.4 Å². The summed E-state index contributed by atoms with van der Waals surface area (Å²) in [6.07, 6.45) is 1.33. The third-order valence-electron chi connectivity index (χ3n) is 4.93. The van der Waals surface area contributed by atoms with Crippen LogP contribution in [-0.2, 0) is 22.7 Å². The van der Waals surface area contributed by atoms with Gasteiger partial charge in [-0.1, -0.05) is 60.7 Å². The van der Waals surface area contributed by atoms with E-state index in [-0.39, 0.29) is 11.8 Å². The summed E-state index contributed by atoms with van der Waals surface area (Å²) in [6.45, 7) is 0.838. The average molecular weight is 458 g/mol. The van der Waals surface area contributed by atoms with Gasteiger partial charge in [-0.2, -0.15) is 0 Å². The van der Waals surface area contributed by atoms with Gasteiger partial charge >= 0.3 is 0 Å². The average Bonchev–Trinajstić information content (AvgIpc) is 3.13. The van der Waals surface area contributed by atoms with Crippen molar-refractivity contribution in [1.29, 1.82) is 0 Å². The van der Waals surface area contributed by atoms with Crippen LogP contribution >= 0.6 is 11.8 Å². The van der Waals surface area contributed by atoms with Gasteiger partial charge in [0.15, 0.2) is 5.17 Å². The Bertz CT molecular complexity index is 1180. The molecule has 7 heteroatoms. The number of aliphatic imine (C=N–C) groups is 1. The van der Waals surface area contributed by atoms with Gasteiger partial charge in [-0.3, -0.25) is 19.5 Å². The highest BCUT2D eigenvalue weighted by molar-refractivity contribution is 8.18. The minimum Gasteiger partial charge on any atom is -0.497 e. The Kier molecular flexibility index (Phi) is 7.22. The lowest BCUT2D eigenvalue weighted by Gasteiger charge is -2.15. The molecule has 3 aromatic carbocycles. The zero-order valence-corrected chi connectivity index (χ0v) is 18.9. The monoisotopic (exact) mass is 457 g/mol. The van der Waals surface area contributed by atoms with E-state index >= 15 is 0 Å². The lowest BCUT2D eigenvalue weighted by atomic mass is 10.2. The SMILES string of the molecule is COc1ccc(NC(=O)/C=C2\SC(=NCc3ccccc3)N(Cc3ccccc3)C2=O)cc1. The molecule has 3 aromatic rings. The van der Waals surface area contributed by atoms with Crippen molar-refractivity contribution in [3.05, 3.63) is 107 Å². The maximum absolute atomic E-state index is 13.2. The lowest BCUT2D eigenvalue weighted by molar-refractivity contribution is -0.123. The van der Waals surface area contributed by atoms with Crippen LogP contribution in [0.1, 0.15) is 11.1 Å². The van der Waals surface area contributed by atoms with E-state index in [1.807, 2.05) is 60.7 Å². The summed E-state index contributed by atoms with van der Waals surface area (Å²) in [6, 6.07) is 26.6. The van der Waals surface area contributed by atoms with Gasteiger partial charge in [-0.25, -0.2) is 0 Å². The first kappa shape index (κ1) is 22.4. The summed E-state index contributed by atoms with van der Waals surface area (Å²) < 4.78 is 5.13. The van der Waals surface area contributed by atoms with Gasteiger partial charge in [0, 0.05) is 11.8 Å². The molecule has 0 aromatic heterocycles. The summed E-state index contributed by atoms with van der Waals surface area (Å²) in [5.41, 5.74) is 2.65. The number of methoxy groups -OCH3 is 1. The maximum atomic E-state index is 13.2. The van der Waals surface area contributed by atoms with E-state index in [9.17, 15) is 9.59 Å². The molecular weight excluding hydrogens is 434 g/mol. The predicted octanol–water partition coefficient (Wildman–Crippen LogP) is 4.85. The minimum absolute atomic E-state index is 0.236. The van der Waals surface area contributed by atoms with Crippen LogP contribution in [0.5, 0.6) is 5.75 Å². The normalized spacial score (nSPS) is 15.8. The lowest BCUT2D eigenvalue weighted by Crippen LogP contribution is -2.29. The third kappa shape index (κ3) is 5.90. The maximum Gasteiger partial charge on any atom is 0.267 e. The number of hydrogen-bond donors (Lipinski definition) is 1. The Morgan fingerprint density at radius 3 is 2.24 bits per heavy atom. The fourth-order valence-corrected chi connectivity index (χ4v) is 4.19. The number of nitrogens with zero attached hydrogens (tertiary/aromatic N) is 2. The second-order valence-electron chi connectivity index (χ2n) is 7.29. The molecule has 1 aliphatic heterocycles. The molecule has 0 saturated carbocycles. The molecule has 0 unspecified atom stereocenters. The van der Waals surface area contributed by atoms with Crippen LogP contribution in [0.15, 0.2) is 101 Å². The largest absolute Gasteiger partial charge is 0.497 e. The van der Waals surface area contributed by atoms with Crippen LogP contribution in [0, 0.1) is 0 Å². The molecule has 166 valence electrons. The quantitative estimate of drug-likeness (QED) is 0.515. The summed E-state index contributed by atoms with van der Waals surface area (Å²) in [5.74, 6) is 0.0873. The van der Waals surface area contributed by atoms with Crippen molar-refractivity contribution in [3.63, 3.8) is 0 Å². The molecule has 0 atom stereocenters. The van der Waals surface area contributed by atoms with Crippen molar-refractivity contribution >= 4 is 34.4 Å². The molecule has 0 aliphatic carbocycles. The number of ether oxygens (including phenoxy) is 1. The number of carbonyl (C=O) groups is 2. The fourth-order valence-electron chi connectivity index (χ4n) is 3.25. The van der Waals surface area contributed by atoms with E-state index in [0.29, 0.717) is 34.6 Å². The number of anilines is 1. The Balaban J connectivity index is 1.53. The summed E-state index contributed by atoms with van der Waals surface area (Å²) in [4.78, 5) is 32.4. The van der Waals surface area contributed by atoms with E-state index < -0.39 is 0 Å². The Morgan fingerprint density at radius 1 is 0.970 bits per heavy atom. The molecule has 0 spiro atoms. The highest BCUT2D eigenvalue weighted by Crippen LogP contribution is 2.32. The number of amides is 2. The molecule has 6 nitrogen and oxygen atoms in total. The molecule has 1 saturated heterocycles. The van der Waals surface area contributed by atoms with Gasteiger partial charge < -0.3 is 10.1 Å². The standard InChI is InChI=1S/C26H23N3O3S/c1-32-22-14-12-21(13-15-22)28-24(30)16-23-25(31)29(18-20-10-6-3-7-11-20)26(33-23)27-17-19-8-4-2-5-9-19/h2-16H,17-18H2,1H3,(H,28,30)/b23-16-,27-26?. The number of hydrogen-bond acceptors (Lipinski definition) is 5. The molecule has 1 aliphatic rings. The fraction of sp³-hybridized carbons (Fsp3) is 0.115. The van der Waals surface area contributed by atoms with Crippen molar-refractivity contribution < 1.29 is 14.3 Å². The van der Waals surface area contributed by atoms with Gasteiger partial charge in [-0.15, -0.1) is 0 Å². The molecule has 0 bridgehead atoms. The number of carbonyl (C=O) groups excluding carboxylic acids is 2. The van der Waals surface area contributed by atoms with E-state index in [0.717, 1.165) is 11.1 Å². The first-order valence-corrected chi connectivity index (χ1v) is 11.2. The number of rotatable bonds is 7. The molecule has 2 amide bonds. The van der Waals surface area contributed by atoms with Crippen LogP contribution in [0.4, 0.5) is 5.69 Å². The van der Waals surface area contributed by atoms with Crippen LogP contribution in [0.3, 0.4) is 0 Å². The van der Waals surface area contributed by atoms with Gasteiger partial charge in [0.2, 0.25) is 5.91 Å². The number of nitrogens with one attached hydrogen (secondary N) is 1.